The van der Waals surface area contributed by atoms with E-state index in [1.54, 1.807) is 6.20 Å². The second-order valence-electron chi connectivity index (χ2n) is 3.37. The molecule has 0 amide bonds. The molecule has 0 aliphatic rings. The molecular weight excluding hydrogens is 306 g/mol. The van der Waals surface area contributed by atoms with Crippen LogP contribution >= 0.6 is 15.9 Å². The molecule has 8 heteroatoms. The third-order valence-corrected chi connectivity index (χ3v) is 2.63. The number of aromatic carboxylic acids is 1. The Hall–Kier alpha value is -2.22. The molecule has 0 spiro atoms. The molecule has 1 heterocycles. The van der Waals surface area contributed by atoms with Crippen LogP contribution in [-0.2, 0) is 0 Å². The molecule has 2 aromatic rings. The molecule has 0 saturated heterocycles. The van der Waals surface area contributed by atoms with Crippen molar-refractivity contribution in [1.29, 1.82) is 0 Å². The number of halogens is 1. The number of nitro benzene ring substituents is 1. The lowest BCUT2D eigenvalue weighted by atomic mass is 10.1. The molecule has 0 aliphatic heterocycles. The number of rotatable bonds is 3. The summed E-state index contributed by atoms with van der Waals surface area (Å²) in [5.74, 6) is -1.25. The molecule has 0 radical (unpaired) electrons. The van der Waals surface area contributed by atoms with Crippen molar-refractivity contribution in [2.75, 3.05) is 0 Å². The quantitative estimate of drug-likeness (QED) is 0.692. The van der Waals surface area contributed by atoms with E-state index in [1.165, 1.54) is 23.0 Å². The topological polar surface area (TPSA) is 98.3 Å². The van der Waals surface area contributed by atoms with Crippen molar-refractivity contribution in [2.45, 2.75) is 0 Å². The Morgan fingerprint density at radius 3 is 2.72 bits per heavy atom. The maximum atomic E-state index is 11.1. The standard InChI is InChI=1S/C10H6BrN3O4/c11-6-4-12-13(5-6)9-2-1-7(14(17)18)3-8(9)10(15)16/h1-5H,(H,15,16). The smallest absolute Gasteiger partial charge is 0.338 e. The number of benzene rings is 1. The van der Waals surface area contributed by atoms with Gasteiger partial charge < -0.3 is 5.11 Å². The van der Waals surface area contributed by atoms with E-state index in [2.05, 4.69) is 21.0 Å². The number of aromatic nitrogens is 2. The number of hydrogen-bond donors (Lipinski definition) is 1. The zero-order valence-corrected chi connectivity index (χ0v) is 10.4. The van der Waals surface area contributed by atoms with Crippen LogP contribution in [0.1, 0.15) is 10.4 Å². The minimum Gasteiger partial charge on any atom is -0.478 e. The summed E-state index contributed by atoms with van der Waals surface area (Å²) in [6, 6.07) is 3.59. The fourth-order valence-electron chi connectivity index (χ4n) is 1.44. The fraction of sp³-hybridized carbons (Fsp3) is 0. The molecule has 1 aromatic heterocycles. The van der Waals surface area contributed by atoms with Gasteiger partial charge in [0.25, 0.3) is 5.69 Å². The predicted octanol–water partition coefficient (Wildman–Crippen LogP) is 2.24. The summed E-state index contributed by atoms with van der Waals surface area (Å²) in [5.41, 5.74) is -0.194. The van der Waals surface area contributed by atoms with Gasteiger partial charge in [0.05, 0.1) is 26.8 Å². The highest BCUT2D eigenvalue weighted by atomic mass is 79.9. The summed E-state index contributed by atoms with van der Waals surface area (Å²) in [5, 5.41) is 23.6. The Balaban J connectivity index is 2.60. The Morgan fingerprint density at radius 1 is 1.50 bits per heavy atom. The van der Waals surface area contributed by atoms with E-state index in [-0.39, 0.29) is 16.9 Å². The van der Waals surface area contributed by atoms with Gasteiger partial charge in [0.1, 0.15) is 0 Å². The second-order valence-corrected chi connectivity index (χ2v) is 4.28. The number of nitrogens with zero attached hydrogens (tertiary/aromatic N) is 3. The number of carboxylic acids is 1. The summed E-state index contributed by atoms with van der Waals surface area (Å²) in [6.45, 7) is 0. The number of carboxylic acid groups (broad SMARTS) is 1. The van der Waals surface area contributed by atoms with Gasteiger partial charge in [-0.05, 0) is 22.0 Å². The monoisotopic (exact) mass is 311 g/mol. The average molecular weight is 312 g/mol. The number of carbonyl (C=O) groups is 1. The lowest BCUT2D eigenvalue weighted by Crippen LogP contribution is -2.06. The van der Waals surface area contributed by atoms with Crippen LogP contribution in [0.15, 0.2) is 35.1 Å². The van der Waals surface area contributed by atoms with Gasteiger partial charge in [-0.25, -0.2) is 9.48 Å². The van der Waals surface area contributed by atoms with Crippen LogP contribution in [0.4, 0.5) is 5.69 Å². The van der Waals surface area contributed by atoms with Gasteiger partial charge in [-0.2, -0.15) is 5.10 Å². The largest absolute Gasteiger partial charge is 0.478 e. The van der Waals surface area contributed by atoms with Crippen LogP contribution in [0, 0.1) is 10.1 Å². The molecule has 0 saturated carbocycles. The van der Waals surface area contributed by atoms with Crippen LogP contribution < -0.4 is 0 Å². The minimum absolute atomic E-state index is 0.181. The summed E-state index contributed by atoms with van der Waals surface area (Å²) < 4.78 is 2.01. The van der Waals surface area contributed by atoms with Crippen molar-refractivity contribution in [2.24, 2.45) is 0 Å². The van der Waals surface area contributed by atoms with Gasteiger partial charge in [-0.1, -0.05) is 0 Å². The molecule has 1 aromatic carbocycles. The number of nitro groups is 1. The van der Waals surface area contributed by atoms with E-state index in [0.717, 1.165) is 6.07 Å². The molecule has 7 nitrogen and oxygen atoms in total. The van der Waals surface area contributed by atoms with Crippen molar-refractivity contribution in [3.05, 3.63) is 50.7 Å². The van der Waals surface area contributed by atoms with E-state index < -0.39 is 10.9 Å². The first-order valence-electron chi connectivity index (χ1n) is 4.71. The third-order valence-electron chi connectivity index (χ3n) is 2.22. The Morgan fingerprint density at radius 2 is 2.22 bits per heavy atom. The van der Waals surface area contributed by atoms with E-state index in [9.17, 15) is 14.9 Å². The summed E-state index contributed by atoms with van der Waals surface area (Å²) in [6.07, 6.45) is 3.06. The molecular formula is C10H6BrN3O4. The van der Waals surface area contributed by atoms with Gasteiger partial charge in [0, 0.05) is 18.3 Å². The zero-order valence-electron chi connectivity index (χ0n) is 8.78. The van der Waals surface area contributed by atoms with E-state index in [1.807, 2.05) is 0 Å². The first-order chi connectivity index (χ1) is 8.49. The van der Waals surface area contributed by atoms with Crippen LogP contribution in [0.25, 0.3) is 5.69 Å². The van der Waals surface area contributed by atoms with Crippen LogP contribution in [0.5, 0.6) is 0 Å². The molecule has 0 fully saturated rings. The summed E-state index contributed by atoms with van der Waals surface area (Å²) >= 11 is 3.19. The van der Waals surface area contributed by atoms with Gasteiger partial charge in [0.15, 0.2) is 0 Å². The Bertz CT molecular complexity index is 638. The first kappa shape index (κ1) is 12.2. The van der Waals surface area contributed by atoms with Crippen LogP contribution in [0.2, 0.25) is 0 Å². The van der Waals surface area contributed by atoms with Crippen molar-refractivity contribution < 1.29 is 14.8 Å². The van der Waals surface area contributed by atoms with Crippen molar-refractivity contribution in [3.8, 4) is 5.69 Å². The highest BCUT2D eigenvalue weighted by molar-refractivity contribution is 9.10. The van der Waals surface area contributed by atoms with E-state index >= 15 is 0 Å². The molecule has 0 aliphatic carbocycles. The summed E-state index contributed by atoms with van der Waals surface area (Å²) in [4.78, 5) is 21.1. The molecule has 0 unspecified atom stereocenters. The van der Waals surface area contributed by atoms with Crippen molar-refractivity contribution >= 4 is 27.6 Å². The fourth-order valence-corrected chi connectivity index (χ4v) is 1.73. The lowest BCUT2D eigenvalue weighted by Gasteiger charge is -2.05. The molecule has 0 atom stereocenters. The lowest BCUT2D eigenvalue weighted by molar-refractivity contribution is -0.384. The van der Waals surface area contributed by atoms with Crippen molar-refractivity contribution in [1.82, 2.24) is 9.78 Å². The van der Waals surface area contributed by atoms with Crippen LogP contribution in [0.3, 0.4) is 0 Å². The van der Waals surface area contributed by atoms with E-state index in [0.29, 0.717) is 4.47 Å². The highest BCUT2D eigenvalue weighted by Gasteiger charge is 2.17. The molecule has 1 N–H and O–H groups in total. The highest BCUT2D eigenvalue weighted by Crippen LogP contribution is 2.22. The molecule has 0 bridgehead atoms. The minimum atomic E-state index is -1.25. The van der Waals surface area contributed by atoms with Crippen molar-refractivity contribution in [3.63, 3.8) is 0 Å². The SMILES string of the molecule is O=C(O)c1cc([N+](=O)[O-])ccc1-n1cc(Br)cn1. The Kier molecular flexibility index (Phi) is 3.11. The molecule has 92 valence electrons. The van der Waals surface area contributed by atoms with Gasteiger partial charge in [-0.15, -0.1) is 0 Å². The van der Waals surface area contributed by atoms with Crippen LogP contribution in [-0.4, -0.2) is 25.8 Å². The number of hydrogen-bond acceptors (Lipinski definition) is 4. The first-order valence-corrected chi connectivity index (χ1v) is 5.50. The predicted molar refractivity (Wildman–Crippen MR) is 64.9 cm³/mol. The third kappa shape index (κ3) is 2.23. The van der Waals surface area contributed by atoms with Gasteiger partial charge in [0.2, 0.25) is 0 Å². The normalized spacial score (nSPS) is 10.3. The average Bonchev–Trinajstić information content (AvgIpc) is 2.74. The Labute approximate surface area is 109 Å². The maximum Gasteiger partial charge on any atom is 0.338 e. The van der Waals surface area contributed by atoms with Gasteiger partial charge in [-0.3, -0.25) is 10.1 Å². The van der Waals surface area contributed by atoms with Gasteiger partial charge >= 0.3 is 5.97 Å². The molecule has 18 heavy (non-hydrogen) atoms. The maximum absolute atomic E-state index is 11.1. The molecule has 2 rings (SSSR count). The van der Waals surface area contributed by atoms with E-state index in [4.69, 9.17) is 5.11 Å². The second kappa shape index (κ2) is 4.57. The zero-order chi connectivity index (χ0) is 13.3. The number of non-ortho nitro benzene ring substituents is 1. The summed E-state index contributed by atoms with van der Waals surface area (Å²) in [7, 11) is 0.